The van der Waals surface area contributed by atoms with Crippen LogP contribution in [-0.4, -0.2) is 28.1 Å². The summed E-state index contributed by atoms with van der Waals surface area (Å²) < 4.78 is 0. The van der Waals surface area contributed by atoms with E-state index in [1.54, 1.807) is 13.0 Å². The number of rotatable bonds is 7. The smallest absolute Gasteiger partial charge is 0.269 e. The molecule has 1 atom stereocenters. The first-order valence-electron chi connectivity index (χ1n) is 5.71. The maximum absolute atomic E-state index is 11.4. The van der Waals surface area contributed by atoms with Gasteiger partial charge in [-0.25, -0.2) is 10.9 Å². The van der Waals surface area contributed by atoms with E-state index in [1.807, 2.05) is 12.3 Å². The fourth-order valence-electron chi connectivity index (χ4n) is 1.47. The molecule has 1 unspecified atom stereocenters. The van der Waals surface area contributed by atoms with Gasteiger partial charge in [0.2, 0.25) is 5.91 Å². The number of allylic oxidation sites excluding steroid dienone is 1. The second-order valence-corrected chi connectivity index (χ2v) is 3.70. The van der Waals surface area contributed by atoms with Crippen LogP contribution in [-0.2, 0) is 9.59 Å². The molecule has 6 nitrogen and oxygen atoms in total. The molecule has 98 valence electrons. The number of nitrogens with zero attached hydrogens (tertiary/aromatic N) is 1. The number of nitrogens with two attached hydrogens (primary N) is 1. The Kier molecular flexibility index (Phi) is 8.00. The second-order valence-electron chi connectivity index (χ2n) is 3.70. The zero-order chi connectivity index (χ0) is 13.3. The lowest BCUT2D eigenvalue weighted by Gasteiger charge is -2.23. The van der Waals surface area contributed by atoms with E-state index in [2.05, 4.69) is 0 Å². The average molecular weight is 243 g/mol. The highest BCUT2D eigenvalue weighted by Crippen LogP contribution is 2.11. The summed E-state index contributed by atoms with van der Waals surface area (Å²) in [6.07, 6.45) is 4.92. The molecule has 0 heterocycles. The van der Waals surface area contributed by atoms with E-state index in [1.165, 1.54) is 6.08 Å². The number of hydrogen-bond acceptors (Lipinski definition) is 4. The van der Waals surface area contributed by atoms with Crippen LogP contribution in [0.4, 0.5) is 0 Å². The number of hydrazine groups is 1. The normalized spacial score (nSPS) is 12.5. The lowest BCUT2D eigenvalue weighted by molar-refractivity contribution is -0.170. The second kappa shape index (κ2) is 8.72. The van der Waals surface area contributed by atoms with E-state index in [9.17, 15) is 14.8 Å². The van der Waals surface area contributed by atoms with Gasteiger partial charge in [0.25, 0.3) is 5.91 Å². The van der Waals surface area contributed by atoms with Crippen molar-refractivity contribution in [3.8, 4) is 0 Å². The maximum atomic E-state index is 11.4. The molecule has 0 rings (SSSR count). The van der Waals surface area contributed by atoms with Crippen molar-refractivity contribution < 1.29 is 14.8 Å². The van der Waals surface area contributed by atoms with Gasteiger partial charge in [-0.15, -0.1) is 0 Å². The Balaban J connectivity index is 4.14. The van der Waals surface area contributed by atoms with Crippen molar-refractivity contribution in [2.24, 2.45) is 5.84 Å². The molecule has 0 bridgehead atoms. The molecule has 4 N–H and O–H groups in total. The number of carbonyl (C=O) groups is 2. The molecule has 0 aromatic heterocycles. The molecule has 0 radical (unpaired) electrons. The Morgan fingerprint density at radius 3 is 2.65 bits per heavy atom. The molecule has 0 aliphatic rings. The zero-order valence-electron chi connectivity index (χ0n) is 10.3. The number of hydrogen-bond donors (Lipinski definition) is 3. The van der Waals surface area contributed by atoms with Crippen LogP contribution >= 0.6 is 0 Å². The van der Waals surface area contributed by atoms with Crippen molar-refractivity contribution in [2.75, 3.05) is 0 Å². The van der Waals surface area contributed by atoms with Gasteiger partial charge in [0.1, 0.15) is 0 Å². The highest BCUT2D eigenvalue weighted by molar-refractivity contribution is 5.86. The Bertz CT molecular complexity index is 279. The highest BCUT2D eigenvalue weighted by Gasteiger charge is 2.18. The standard InChI is InChI=1S/C11H21N3O3/c1-3-6-11(16)14(17)9(4-2)7-5-8-10(15)13-12/h3,6,9,17H,4-5,7-8,12H2,1-2H3,(H,13,15)/b6-3-. The van der Waals surface area contributed by atoms with Crippen molar-refractivity contribution in [3.63, 3.8) is 0 Å². The summed E-state index contributed by atoms with van der Waals surface area (Å²) >= 11 is 0. The highest BCUT2D eigenvalue weighted by atomic mass is 16.5. The lowest BCUT2D eigenvalue weighted by Crippen LogP contribution is -2.36. The number of amides is 2. The number of nitrogens with one attached hydrogen (secondary N) is 1. The van der Waals surface area contributed by atoms with Crippen LogP contribution in [0.25, 0.3) is 0 Å². The number of carbonyl (C=O) groups excluding carboxylic acids is 2. The van der Waals surface area contributed by atoms with Gasteiger partial charge < -0.3 is 0 Å². The first-order valence-corrected chi connectivity index (χ1v) is 5.71. The Hall–Kier alpha value is -1.40. The lowest BCUT2D eigenvalue weighted by atomic mass is 10.1. The third-order valence-corrected chi connectivity index (χ3v) is 2.45. The molecule has 0 saturated heterocycles. The Labute approximate surface area is 101 Å². The fourth-order valence-corrected chi connectivity index (χ4v) is 1.47. The summed E-state index contributed by atoms with van der Waals surface area (Å²) in [7, 11) is 0. The molecule has 0 saturated carbocycles. The summed E-state index contributed by atoms with van der Waals surface area (Å²) in [6, 6.07) is -0.274. The molecule has 0 fully saturated rings. The molecule has 2 amide bonds. The van der Waals surface area contributed by atoms with Gasteiger partial charge in [-0.1, -0.05) is 13.0 Å². The van der Waals surface area contributed by atoms with E-state index in [0.29, 0.717) is 25.7 Å². The van der Waals surface area contributed by atoms with E-state index >= 15 is 0 Å². The average Bonchev–Trinajstić information content (AvgIpc) is 2.33. The van der Waals surface area contributed by atoms with E-state index in [4.69, 9.17) is 5.84 Å². The summed E-state index contributed by atoms with van der Waals surface area (Å²) in [4.78, 5) is 22.3. The van der Waals surface area contributed by atoms with Crippen LogP contribution < -0.4 is 11.3 Å². The van der Waals surface area contributed by atoms with Crippen LogP contribution in [0.1, 0.15) is 39.5 Å². The fraction of sp³-hybridized carbons (Fsp3) is 0.636. The third kappa shape index (κ3) is 6.03. The minimum absolute atomic E-state index is 0.246. The Morgan fingerprint density at radius 1 is 1.53 bits per heavy atom. The molecule has 17 heavy (non-hydrogen) atoms. The van der Waals surface area contributed by atoms with Crippen LogP contribution in [0, 0.1) is 0 Å². The van der Waals surface area contributed by atoms with Crippen LogP contribution in [0.5, 0.6) is 0 Å². The van der Waals surface area contributed by atoms with Crippen LogP contribution in [0.3, 0.4) is 0 Å². The van der Waals surface area contributed by atoms with Gasteiger partial charge in [0.15, 0.2) is 0 Å². The molecule has 0 aliphatic carbocycles. The van der Waals surface area contributed by atoms with Crippen LogP contribution in [0.2, 0.25) is 0 Å². The van der Waals surface area contributed by atoms with Crippen molar-refractivity contribution in [1.29, 1.82) is 0 Å². The molecule has 6 heteroatoms. The van der Waals surface area contributed by atoms with Gasteiger partial charge in [-0.05, 0) is 26.2 Å². The van der Waals surface area contributed by atoms with E-state index in [-0.39, 0.29) is 11.9 Å². The monoisotopic (exact) mass is 243 g/mol. The zero-order valence-corrected chi connectivity index (χ0v) is 10.3. The van der Waals surface area contributed by atoms with Gasteiger partial charge in [0, 0.05) is 12.5 Å². The third-order valence-electron chi connectivity index (χ3n) is 2.45. The first-order chi connectivity index (χ1) is 8.06. The summed E-state index contributed by atoms with van der Waals surface area (Å²) in [6.45, 7) is 3.58. The molecule has 0 aromatic rings. The predicted molar refractivity (Wildman–Crippen MR) is 63.7 cm³/mol. The van der Waals surface area contributed by atoms with Gasteiger partial charge >= 0.3 is 0 Å². The maximum Gasteiger partial charge on any atom is 0.269 e. The quantitative estimate of drug-likeness (QED) is 0.202. The first kappa shape index (κ1) is 15.6. The van der Waals surface area contributed by atoms with Gasteiger partial charge in [0.05, 0.1) is 6.04 Å². The summed E-state index contributed by atoms with van der Waals surface area (Å²) in [5.41, 5.74) is 2.04. The van der Waals surface area contributed by atoms with Crippen molar-refractivity contribution in [1.82, 2.24) is 10.5 Å². The van der Waals surface area contributed by atoms with Crippen LogP contribution in [0.15, 0.2) is 12.2 Å². The molecular weight excluding hydrogens is 222 g/mol. The Morgan fingerprint density at radius 2 is 2.18 bits per heavy atom. The van der Waals surface area contributed by atoms with Gasteiger partial charge in [-0.2, -0.15) is 0 Å². The molecule has 0 spiro atoms. The van der Waals surface area contributed by atoms with E-state index in [0.717, 1.165) is 5.06 Å². The largest absolute Gasteiger partial charge is 0.294 e. The molecule has 0 aromatic carbocycles. The van der Waals surface area contributed by atoms with Crippen molar-refractivity contribution >= 4 is 11.8 Å². The minimum atomic E-state index is -0.442. The van der Waals surface area contributed by atoms with Crippen molar-refractivity contribution in [3.05, 3.63) is 12.2 Å². The summed E-state index contributed by atoms with van der Waals surface area (Å²) in [5.74, 6) is 4.26. The topological polar surface area (TPSA) is 95.7 Å². The molecule has 0 aliphatic heterocycles. The molecular formula is C11H21N3O3. The summed E-state index contributed by atoms with van der Waals surface area (Å²) in [5, 5.41) is 10.4. The predicted octanol–water partition coefficient (Wildman–Crippen LogP) is 0.719. The minimum Gasteiger partial charge on any atom is -0.294 e. The SMILES string of the molecule is C/C=C\C(=O)N(O)C(CC)CCCC(=O)NN. The number of hydroxylamine groups is 2. The van der Waals surface area contributed by atoms with Gasteiger partial charge in [-0.3, -0.25) is 20.2 Å². The van der Waals surface area contributed by atoms with E-state index < -0.39 is 5.91 Å². The van der Waals surface area contributed by atoms with Crippen molar-refractivity contribution in [2.45, 2.75) is 45.6 Å².